The summed E-state index contributed by atoms with van der Waals surface area (Å²) < 4.78 is 0. The van der Waals surface area contributed by atoms with Gasteiger partial charge in [-0.05, 0) is 31.4 Å². The van der Waals surface area contributed by atoms with Gasteiger partial charge >= 0.3 is 0 Å². The second kappa shape index (κ2) is 5.61. The number of carbonyl (C=O) groups excluding carboxylic acids is 1. The average Bonchev–Trinajstić information content (AvgIpc) is 2.49. The average molecular weight is 269 g/mol. The van der Waals surface area contributed by atoms with Crippen molar-refractivity contribution in [2.24, 2.45) is 11.1 Å². The van der Waals surface area contributed by atoms with Gasteiger partial charge in [0.25, 0.3) is 0 Å². The summed E-state index contributed by atoms with van der Waals surface area (Å²) in [4.78, 5) is 17.7. The van der Waals surface area contributed by atoms with E-state index in [1.165, 1.54) is 0 Å². The minimum atomic E-state index is -0.171. The van der Waals surface area contributed by atoms with Crippen molar-refractivity contribution < 1.29 is 9.63 Å². The molecule has 1 heterocycles. The van der Waals surface area contributed by atoms with Gasteiger partial charge in [-0.1, -0.05) is 41.9 Å². The monoisotopic (exact) mass is 269 g/mol. The molecule has 0 spiro atoms. The number of oxime groups is 1. The van der Waals surface area contributed by atoms with Crippen LogP contribution in [0.3, 0.4) is 0 Å². The van der Waals surface area contributed by atoms with Gasteiger partial charge in [0, 0.05) is 12.0 Å². The predicted molar refractivity (Wildman–Crippen MR) is 78.6 cm³/mol. The highest BCUT2D eigenvalue weighted by atomic mass is 16.6. The Morgan fingerprint density at radius 1 is 1.20 bits per heavy atom. The molecule has 1 aromatic rings. The molecule has 3 rings (SSSR count). The number of rotatable bonds is 2. The second-order valence-electron chi connectivity index (χ2n) is 5.58. The van der Waals surface area contributed by atoms with Crippen LogP contribution in [-0.4, -0.2) is 17.6 Å². The Morgan fingerprint density at radius 2 is 2.00 bits per heavy atom. The van der Waals surface area contributed by atoms with E-state index in [0.717, 1.165) is 36.1 Å². The van der Waals surface area contributed by atoms with Crippen molar-refractivity contribution in [3.8, 4) is 0 Å². The van der Waals surface area contributed by atoms with Crippen molar-refractivity contribution in [1.29, 1.82) is 0 Å². The molecule has 0 N–H and O–H groups in total. The molecule has 1 fully saturated rings. The van der Waals surface area contributed by atoms with Gasteiger partial charge < -0.3 is 4.84 Å². The highest BCUT2D eigenvalue weighted by Gasteiger charge is 2.34. The van der Waals surface area contributed by atoms with Crippen LogP contribution < -0.4 is 0 Å². The van der Waals surface area contributed by atoms with Crippen LogP contribution in [-0.2, 0) is 9.63 Å². The molecule has 2 atom stereocenters. The van der Waals surface area contributed by atoms with Crippen LogP contribution in [0.1, 0.15) is 38.2 Å². The van der Waals surface area contributed by atoms with Gasteiger partial charge in [-0.3, -0.25) is 4.79 Å². The van der Waals surface area contributed by atoms with Crippen molar-refractivity contribution >= 4 is 11.5 Å². The van der Waals surface area contributed by atoms with E-state index in [4.69, 9.17) is 4.84 Å². The molecule has 0 amide bonds. The first-order chi connectivity index (χ1) is 9.75. The molecule has 0 saturated heterocycles. The lowest BCUT2D eigenvalue weighted by molar-refractivity contribution is -0.129. The summed E-state index contributed by atoms with van der Waals surface area (Å²) in [6.45, 7) is 2.03. The largest absolute Gasteiger partial charge is 0.387 e. The molecular weight excluding hydrogens is 250 g/mol. The minimum Gasteiger partial charge on any atom is -0.387 e. The summed E-state index contributed by atoms with van der Waals surface area (Å²) in [7, 11) is 0. The van der Waals surface area contributed by atoms with E-state index < -0.39 is 0 Å². The first kappa shape index (κ1) is 13.1. The van der Waals surface area contributed by atoms with Gasteiger partial charge in [0.05, 0.1) is 5.92 Å². The maximum atomic E-state index is 12.0. The smallest absolute Gasteiger partial charge is 0.158 e. The van der Waals surface area contributed by atoms with Gasteiger partial charge in [-0.25, -0.2) is 0 Å². The second-order valence-corrected chi connectivity index (χ2v) is 5.58. The summed E-state index contributed by atoms with van der Waals surface area (Å²) in [5, 5.41) is 4.23. The molecule has 2 aliphatic rings. The van der Waals surface area contributed by atoms with Crippen molar-refractivity contribution in [1.82, 2.24) is 0 Å². The van der Waals surface area contributed by atoms with Crippen LogP contribution >= 0.6 is 0 Å². The van der Waals surface area contributed by atoms with Gasteiger partial charge in [0.15, 0.2) is 6.10 Å². The number of hydrogen-bond acceptors (Lipinski definition) is 3. The topological polar surface area (TPSA) is 38.7 Å². The third-order valence-corrected chi connectivity index (χ3v) is 4.11. The van der Waals surface area contributed by atoms with Crippen molar-refractivity contribution in [3.05, 3.63) is 47.5 Å². The summed E-state index contributed by atoms with van der Waals surface area (Å²) >= 11 is 0. The number of hydrogen-bond donors (Lipinski definition) is 0. The van der Waals surface area contributed by atoms with Crippen LogP contribution in [0.15, 0.2) is 47.1 Å². The molecular formula is C17H19NO2. The van der Waals surface area contributed by atoms with Gasteiger partial charge in [0.1, 0.15) is 11.5 Å². The lowest BCUT2D eigenvalue weighted by Gasteiger charge is -2.30. The van der Waals surface area contributed by atoms with Crippen molar-refractivity contribution in [3.63, 3.8) is 0 Å². The lowest BCUT2D eigenvalue weighted by atomic mass is 9.81. The Balaban J connectivity index is 1.79. The van der Waals surface area contributed by atoms with E-state index in [2.05, 4.69) is 5.16 Å². The van der Waals surface area contributed by atoms with Crippen LogP contribution in [0, 0.1) is 5.92 Å². The van der Waals surface area contributed by atoms with Crippen LogP contribution in [0.2, 0.25) is 0 Å². The zero-order valence-electron chi connectivity index (χ0n) is 11.7. The van der Waals surface area contributed by atoms with E-state index in [0.29, 0.717) is 12.2 Å². The molecule has 0 bridgehead atoms. The third kappa shape index (κ3) is 2.53. The number of nitrogens with zero attached hydrogens (tertiary/aromatic N) is 1. The molecule has 0 radical (unpaired) electrons. The van der Waals surface area contributed by atoms with E-state index in [1.54, 1.807) is 0 Å². The fourth-order valence-electron chi connectivity index (χ4n) is 2.99. The van der Waals surface area contributed by atoms with Gasteiger partial charge in [-0.15, -0.1) is 0 Å². The fourth-order valence-corrected chi connectivity index (χ4v) is 2.99. The summed E-state index contributed by atoms with van der Waals surface area (Å²) in [5.41, 5.74) is 2.97. The number of ketones is 1. The van der Waals surface area contributed by atoms with Crippen molar-refractivity contribution in [2.75, 3.05) is 0 Å². The Morgan fingerprint density at radius 3 is 2.70 bits per heavy atom. The molecule has 104 valence electrons. The zero-order chi connectivity index (χ0) is 13.9. The number of allylic oxidation sites excluding steroid dienone is 1. The Hall–Kier alpha value is -1.90. The summed E-state index contributed by atoms with van der Waals surface area (Å²) in [6.07, 6.45) is 5.61. The minimum absolute atomic E-state index is 0.0129. The van der Waals surface area contributed by atoms with Crippen molar-refractivity contribution in [2.45, 2.75) is 38.7 Å². The fraction of sp³-hybridized carbons (Fsp3) is 0.412. The number of benzene rings is 1. The Bertz CT molecular complexity index is 560. The molecule has 1 aliphatic carbocycles. The van der Waals surface area contributed by atoms with Crippen LogP contribution in [0.5, 0.6) is 0 Å². The summed E-state index contributed by atoms with van der Waals surface area (Å²) in [5.74, 6) is 0.313. The highest BCUT2D eigenvalue weighted by molar-refractivity contribution is 6.09. The van der Waals surface area contributed by atoms with Crippen LogP contribution in [0.4, 0.5) is 0 Å². The standard InChI is InChI=1S/C17H19NO2/c1-12-11-15(13-7-3-2-4-8-13)18-20-17(12)14-9-5-6-10-16(14)19/h2-4,7-8,11,14,17H,5-6,9-10H2,1H3. The van der Waals surface area contributed by atoms with Crippen LogP contribution in [0.25, 0.3) is 0 Å². The normalized spacial score (nSPS) is 26.6. The molecule has 2 unspecified atom stereocenters. The molecule has 1 aromatic carbocycles. The lowest BCUT2D eigenvalue weighted by Crippen LogP contribution is -2.34. The molecule has 3 nitrogen and oxygen atoms in total. The maximum absolute atomic E-state index is 12.0. The van der Waals surface area contributed by atoms with Gasteiger partial charge in [0.2, 0.25) is 0 Å². The van der Waals surface area contributed by atoms with E-state index >= 15 is 0 Å². The summed E-state index contributed by atoms with van der Waals surface area (Å²) in [6, 6.07) is 9.97. The first-order valence-electron chi connectivity index (χ1n) is 7.26. The zero-order valence-corrected chi connectivity index (χ0v) is 11.7. The molecule has 0 aromatic heterocycles. The first-order valence-corrected chi connectivity index (χ1v) is 7.26. The van der Waals surface area contributed by atoms with Gasteiger partial charge in [-0.2, -0.15) is 0 Å². The number of Topliss-reactive ketones (excluding diaryl/α,β-unsaturated/α-hetero) is 1. The molecule has 1 aliphatic heterocycles. The predicted octanol–water partition coefficient (Wildman–Crippen LogP) is 3.50. The maximum Gasteiger partial charge on any atom is 0.158 e. The SMILES string of the molecule is CC1=CC(c2ccccc2)=NOC1C1CCCCC1=O. The molecule has 3 heteroatoms. The third-order valence-electron chi connectivity index (χ3n) is 4.11. The van der Waals surface area contributed by atoms with E-state index in [1.807, 2.05) is 43.3 Å². The molecule has 20 heavy (non-hydrogen) atoms. The Kier molecular flexibility index (Phi) is 3.68. The Labute approximate surface area is 119 Å². The van der Waals surface area contributed by atoms with E-state index in [9.17, 15) is 4.79 Å². The quantitative estimate of drug-likeness (QED) is 0.824. The number of carbonyl (C=O) groups is 1. The molecule has 1 saturated carbocycles. The van der Waals surface area contributed by atoms with E-state index in [-0.39, 0.29) is 12.0 Å². The highest BCUT2D eigenvalue weighted by Crippen LogP contribution is 2.31.